The highest BCUT2D eigenvalue weighted by molar-refractivity contribution is 9.10. The number of carbonyl (C=O) groups excluding carboxylic acids is 2. The molecule has 0 amide bonds. The predicted octanol–water partition coefficient (Wildman–Crippen LogP) is 6.55. The molecule has 1 N–H and O–H groups in total. The van der Waals surface area contributed by atoms with Gasteiger partial charge in [-0.2, -0.15) is 0 Å². The first-order valence-corrected chi connectivity index (χ1v) is 12.6. The van der Waals surface area contributed by atoms with Crippen LogP contribution >= 0.6 is 15.9 Å². The zero-order chi connectivity index (χ0) is 24.4. The minimum atomic E-state index is -0.491. The number of rotatable bonds is 5. The summed E-state index contributed by atoms with van der Waals surface area (Å²) in [5.74, 6) is -0.734. The maximum Gasteiger partial charge on any atom is 0.337 e. The quantitative estimate of drug-likeness (QED) is 0.382. The number of ether oxygens (including phenoxy) is 1. The zero-order valence-electron chi connectivity index (χ0n) is 19.5. The summed E-state index contributed by atoms with van der Waals surface area (Å²) in [6, 6.07) is 27.5. The van der Waals surface area contributed by atoms with E-state index in [1.54, 1.807) is 0 Å². The van der Waals surface area contributed by atoms with E-state index >= 15 is 0 Å². The maximum atomic E-state index is 13.7. The van der Waals surface area contributed by atoms with Crippen molar-refractivity contribution in [1.82, 2.24) is 5.32 Å². The molecular formula is C30H26BrNO3. The van der Waals surface area contributed by atoms with Crippen molar-refractivity contribution in [3.8, 4) is 0 Å². The van der Waals surface area contributed by atoms with Gasteiger partial charge in [0.15, 0.2) is 5.78 Å². The summed E-state index contributed by atoms with van der Waals surface area (Å²) in [6.45, 7) is 2.07. The van der Waals surface area contributed by atoms with Gasteiger partial charge in [0, 0.05) is 33.8 Å². The van der Waals surface area contributed by atoms with E-state index in [0.717, 1.165) is 39.0 Å². The molecule has 35 heavy (non-hydrogen) atoms. The average Bonchev–Trinajstić information content (AvgIpc) is 2.88. The van der Waals surface area contributed by atoms with Gasteiger partial charge in [-0.1, -0.05) is 94.8 Å². The second-order valence-corrected chi connectivity index (χ2v) is 9.87. The van der Waals surface area contributed by atoms with Crippen molar-refractivity contribution in [1.29, 1.82) is 0 Å². The van der Waals surface area contributed by atoms with Crippen LogP contribution in [0.2, 0.25) is 0 Å². The number of hydrogen-bond acceptors (Lipinski definition) is 4. The van der Waals surface area contributed by atoms with Crippen LogP contribution in [0.25, 0.3) is 0 Å². The van der Waals surface area contributed by atoms with E-state index in [2.05, 4.69) is 33.4 Å². The Labute approximate surface area is 213 Å². The van der Waals surface area contributed by atoms with Gasteiger partial charge in [0.2, 0.25) is 0 Å². The number of benzene rings is 3. The number of allylic oxidation sites excluding steroid dienone is 3. The van der Waals surface area contributed by atoms with Gasteiger partial charge in [0.25, 0.3) is 0 Å². The lowest BCUT2D eigenvalue weighted by molar-refractivity contribution is -0.140. The lowest BCUT2D eigenvalue weighted by atomic mass is 9.72. The molecule has 2 unspecified atom stereocenters. The van der Waals surface area contributed by atoms with E-state index in [0.29, 0.717) is 17.6 Å². The van der Waals surface area contributed by atoms with Gasteiger partial charge in [-0.3, -0.25) is 4.79 Å². The summed E-state index contributed by atoms with van der Waals surface area (Å²) < 4.78 is 6.61. The van der Waals surface area contributed by atoms with Gasteiger partial charge >= 0.3 is 5.97 Å². The van der Waals surface area contributed by atoms with Crippen molar-refractivity contribution in [2.24, 2.45) is 0 Å². The van der Waals surface area contributed by atoms with Gasteiger partial charge in [-0.05, 0) is 42.0 Å². The number of dihydropyridines is 1. The van der Waals surface area contributed by atoms with E-state index in [-0.39, 0.29) is 18.3 Å². The number of Topliss-reactive ketones (excluding diaryl/α,β-unsaturated/α-hetero) is 1. The Hall–Kier alpha value is -3.44. The Kier molecular flexibility index (Phi) is 6.69. The van der Waals surface area contributed by atoms with E-state index in [4.69, 9.17) is 4.74 Å². The highest BCUT2D eigenvalue weighted by atomic mass is 79.9. The van der Waals surface area contributed by atoms with E-state index in [9.17, 15) is 9.59 Å². The Balaban J connectivity index is 1.53. The minimum absolute atomic E-state index is 0.0641. The summed E-state index contributed by atoms with van der Waals surface area (Å²) in [4.78, 5) is 27.1. The van der Waals surface area contributed by atoms with Crippen LogP contribution in [0.5, 0.6) is 0 Å². The summed E-state index contributed by atoms with van der Waals surface area (Å²) in [7, 11) is 0. The molecule has 4 nitrogen and oxygen atoms in total. The SMILES string of the molecule is CC1=C(C(=O)OCc2ccccc2)C(c2ccccc2Br)C2=C(CC(c3ccccc3)CC2=O)N1. The third-order valence-electron chi connectivity index (χ3n) is 6.75. The van der Waals surface area contributed by atoms with Gasteiger partial charge in [0.05, 0.1) is 5.57 Å². The molecule has 1 heterocycles. The highest BCUT2D eigenvalue weighted by Crippen LogP contribution is 2.47. The molecule has 5 rings (SSSR count). The van der Waals surface area contributed by atoms with Crippen LogP contribution < -0.4 is 5.32 Å². The van der Waals surface area contributed by atoms with Crippen molar-refractivity contribution in [2.75, 3.05) is 0 Å². The summed E-state index contributed by atoms with van der Waals surface area (Å²) >= 11 is 3.66. The average molecular weight is 528 g/mol. The molecule has 0 bridgehead atoms. The van der Waals surface area contributed by atoms with Crippen LogP contribution in [0, 0.1) is 0 Å². The molecule has 0 spiro atoms. The third-order valence-corrected chi connectivity index (χ3v) is 7.47. The molecule has 3 aromatic rings. The van der Waals surface area contributed by atoms with Crippen LogP contribution in [0.15, 0.2) is 112 Å². The Morgan fingerprint density at radius 3 is 2.31 bits per heavy atom. The van der Waals surface area contributed by atoms with Gasteiger partial charge in [0.1, 0.15) is 6.61 Å². The molecule has 0 radical (unpaired) electrons. The smallest absolute Gasteiger partial charge is 0.337 e. The molecule has 2 aliphatic rings. The van der Waals surface area contributed by atoms with Gasteiger partial charge in [-0.25, -0.2) is 4.79 Å². The van der Waals surface area contributed by atoms with Crippen molar-refractivity contribution < 1.29 is 14.3 Å². The molecule has 3 aromatic carbocycles. The molecule has 5 heteroatoms. The monoisotopic (exact) mass is 527 g/mol. The molecule has 176 valence electrons. The second kappa shape index (κ2) is 10.0. The van der Waals surface area contributed by atoms with Crippen LogP contribution in [-0.2, 0) is 20.9 Å². The largest absolute Gasteiger partial charge is 0.457 e. The molecular weight excluding hydrogens is 502 g/mol. The molecule has 0 saturated carbocycles. The van der Waals surface area contributed by atoms with Crippen LogP contribution in [0.3, 0.4) is 0 Å². The van der Waals surface area contributed by atoms with Gasteiger partial charge < -0.3 is 10.1 Å². The Bertz CT molecular complexity index is 1330. The first-order valence-electron chi connectivity index (χ1n) is 11.8. The fraction of sp³-hybridized carbons (Fsp3) is 0.200. The number of nitrogens with one attached hydrogen (secondary N) is 1. The van der Waals surface area contributed by atoms with Crippen molar-refractivity contribution >= 4 is 27.7 Å². The second-order valence-electron chi connectivity index (χ2n) is 9.01. The van der Waals surface area contributed by atoms with E-state index in [1.807, 2.05) is 79.7 Å². The van der Waals surface area contributed by atoms with Crippen LogP contribution in [-0.4, -0.2) is 11.8 Å². The highest BCUT2D eigenvalue weighted by Gasteiger charge is 2.42. The summed E-state index contributed by atoms with van der Waals surface area (Å²) in [5, 5.41) is 3.42. The topological polar surface area (TPSA) is 55.4 Å². The first kappa shape index (κ1) is 23.3. The fourth-order valence-electron chi connectivity index (χ4n) is 5.09. The van der Waals surface area contributed by atoms with Crippen molar-refractivity contribution in [3.63, 3.8) is 0 Å². The molecule has 1 aliphatic heterocycles. The standard InChI is InChI=1S/C30H26BrNO3/c1-19-27(30(34)35-18-20-10-4-2-5-11-20)28(23-14-8-9-15-24(23)31)29-25(32-19)16-22(17-26(29)33)21-12-6-3-7-13-21/h2-15,22,28,32H,16-18H2,1H3. The first-order chi connectivity index (χ1) is 17.0. The lowest BCUT2D eigenvalue weighted by Crippen LogP contribution is -2.36. The third kappa shape index (κ3) is 4.73. The minimum Gasteiger partial charge on any atom is -0.457 e. The van der Waals surface area contributed by atoms with E-state index in [1.165, 1.54) is 0 Å². The fourth-order valence-corrected chi connectivity index (χ4v) is 5.61. The van der Waals surface area contributed by atoms with E-state index < -0.39 is 11.9 Å². The molecule has 0 aromatic heterocycles. The Morgan fingerprint density at radius 1 is 0.943 bits per heavy atom. The molecule has 2 atom stereocenters. The summed E-state index contributed by atoms with van der Waals surface area (Å²) in [5.41, 5.74) is 5.73. The lowest BCUT2D eigenvalue weighted by Gasteiger charge is -2.37. The predicted molar refractivity (Wildman–Crippen MR) is 139 cm³/mol. The normalized spacial score (nSPS) is 19.8. The number of esters is 1. The molecule has 0 fully saturated rings. The van der Waals surface area contributed by atoms with Crippen molar-refractivity contribution in [2.45, 2.75) is 38.2 Å². The summed E-state index contributed by atoms with van der Waals surface area (Å²) in [6.07, 6.45) is 1.13. The van der Waals surface area contributed by atoms with Gasteiger partial charge in [-0.15, -0.1) is 0 Å². The maximum absolute atomic E-state index is 13.7. The zero-order valence-corrected chi connectivity index (χ0v) is 21.0. The molecule has 0 saturated heterocycles. The number of ketones is 1. The number of carbonyl (C=O) groups is 2. The van der Waals surface area contributed by atoms with Crippen LogP contribution in [0.1, 0.15) is 48.3 Å². The van der Waals surface area contributed by atoms with Crippen molar-refractivity contribution in [3.05, 3.63) is 129 Å². The van der Waals surface area contributed by atoms with Crippen LogP contribution in [0.4, 0.5) is 0 Å². The number of halogens is 1. The molecule has 1 aliphatic carbocycles. The Morgan fingerprint density at radius 2 is 1.60 bits per heavy atom. The number of hydrogen-bond donors (Lipinski definition) is 1.